The third-order valence-electron chi connectivity index (χ3n) is 6.07. The zero-order chi connectivity index (χ0) is 17.6. The van der Waals surface area contributed by atoms with E-state index in [1.54, 1.807) is 0 Å². The molecule has 1 aliphatic carbocycles. The third kappa shape index (κ3) is 3.12. The minimum atomic E-state index is 0.337. The van der Waals surface area contributed by atoms with Crippen molar-refractivity contribution < 1.29 is 4.74 Å². The maximum Gasteiger partial charge on any atom is 0.0737 e. The molecule has 4 rings (SSSR count). The summed E-state index contributed by atoms with van der Waals surface area (Å²) in [6.07, 6.45) is 4.59. The number of aromatic nitrogens is 1. The Morgan fingerprint density at radius 3 is 2.64 bits per heavy atom. The van der Waals surface area contributed by atoms with Crippen LogP contribution in [0.1, 0.15) is 12.8 Å². The van der Waals surface area contributed by atoms with Gasteiger partial charge in [0.15, 0.2) is 0 Å². The van der Waals surface area contributed by atoms with Gasteiger partial charge in [0.05, 0.1) is 11.6 Å². The largest absolute Gasteiger partial charge is 0.380 e. The molecular formula is C20H26ClN3O. The molecule has 25 heavy (non-hydrogen) atoms. The highest BCUT2D eigenvalue weighted by atomic mass is 35.5. The van der Waals surface area contributed by atoms with Gasteiger partial charge in [-0.25, -0.2) is 0 Å². The summed E-state index contributed by atoms with van der Waals surface area (Å²) < 4.78 is 5.81. The normalized spacial score (nSPS) is 29.4. The van der Waals surface area contributed by atoms with E-state index in [1.165, 1.54) is 17.5 Å². The van der Waals surface area contributed by atoms with E-state index in [2.05, 4.69) is 41.0 Å². The minimum Gasteiger partial charge on any atom is -0.380 e. The van der Waals surface area contributed by atoms with Crippen LogP contribution in [0.25, 0.3) is 10.9 Å². The Labute approximate surface area is 154 Å². The first-order valence-electron chi connectivity index (χ1n) is 9.05. The van der Waals surface area contributed by atoms with Gasteiger partial charge in [-0.2, -0.15) is 0 Å². The zero-order valence-electron chi connectivity index (χ0n) is 15.2. The summed E-state index contributed by atoms with van der Waals surface area (Å²) in [4.78, 5) is 9.36. The number of anilines is 1. The molecule has 0 amide bonds. The SMILES string of the molecule is CO[C@@H]1C[C@H]2CN(c3ccnc4cc(Cl)ccc34)C[C@H]2C[C@H]1N(C)C. The fraction of sp³-hybridized carbons (Fsp3) is 0.550. The Kier molecular flexibility index (Phi) is 4.61. The molecule has 2 fully saturated rings. The second-order valence-corrected chi connectivity index (χ2v) is 8.13. The van der Waals surface area contributed by atoms with Gasteiger partial charge in [-0.05, 0) is 63.0 Å². The molecule has 4 nitrogen and oxygen atoms in total. The number of ether oxygens (including phenoxy) is 1. The smallest absolute Gasteiger partial charge is 0.0737 e. The Morgan fingerprint density at radius 1 is 1.16 bits per heavy atom. The van der Waals surface area contributed by atoms with Crippen LogP contribution in [0.15, 0.2) is 30.5 Å². The van der Waals surface area contributed by atoms with Crippen molar-refractivity contribution in [1.82, 2.24) is 9.88 Å². The molecule has 0 spiro atoms. The molecule has 0 bridgehead atoms. The molecule has 0 radical (unpaired) electrons. The molecule has 5 heteroatoms. The van der Waals surface area contributed by atoms with E-state index in [0.29, 0.717) is 18.1 Å². The van der Waals surface area contributed by atoms with Gasteiger partial charge in [0, 0.05) is 48.5 Å². The van der Waals surface area contributed by atoms with Gasteiger partial charge >= 0.3 is 0 Å². The first-order valence-corrected chi connectivity index (χ1v) is 9.43. The molecule has 2 aliphatic rings. The van der Waals surface area contributed by atoms with Crippen LogP contribution in [-0.2, 0) is 4.74 Å². The lowest BCUT2D eigenvalue weighted by Crippen LogP contribution is -2.47. The van der Waals surface area contributed by atoms with Crippen LogP contribution in [0.2, 0.25) is 5.02 Å². The number of likely N-dealkylation sites (N-methyl/N-ethyl adjacent to an activating group) is 1. The molecule has 1 aromatic heterocycles. The van der Waals surface area contributed by atoms with E-state index in [1.807, 2.05) is 25.4 Å². The summed E-state index contributed by atoms with van der Waals surface area (Å²) in [6, 6.07) is 8.67. The fourth-order valence-electron chi connectivity index (χ4n) is 4.77. The molecule has 1 aromatic carbocycles. The molecule has 1 saturated heterocycles. The van der Waals surface area contributed by atoms with Gasteiger partial charge < -0.3 is 14.5 Å². The quantitative estimate of drug-likeness (QED) is 0.835. The average molecular weight is 360 g/mol. The lowest BCUT2D eigenvalue weighted by molar-refractivity contribution is -0.0209. The molecular weight excluding hydrogens is 334 g/mol. The predicted octanol–water partition coefficient (Wildman–Crippen LogP) is 3.68. The molecule has 4 atom stereocenters. The number of pyridine rings is 1. The molecule has 1 saturated carbocycles. The highest BCUT2D eigenvalue weighted by Crippen LogP contribution is 2.41. The van der Waals surface area contributed by atoms with E-state index >= 15 is 0 Å². The van der Waals surface area contributed by atoms with Crippen LogP contribution in [0, 0.1) is 11.8 Å². The summed E-state index contributed by atoms with van der Waals surface area (Å²) >= 11 is 6.14. The lowest BCUT2D eigenvalue weighted by Gasteiger charge is -2.40. The fourth-order valence-corrected chi connectivity index (χ4v) is 4.93. The average Bonchev–Trinajstić information content (AvgIpc) is 3.02. The molecule has 1 aliphatic heterocycles. The number of rotatable bonds is 3. The van der Waals surface area contributed by atoms with Crippen LogP contribution in [0.4, 0.5) is 5.69 Å². The highest BCUT2D eigenvalue weighted by Gasteiger charge is 2.43. The summed E-state index contributed by atoms with van der Waals surface area (Å²) in [5.41, 5.74) is 2.26. The van der Waals surface area contributed by atoms with Crippen LogP contribution in [-0.4, -0.2) is 56.3 Å². The van der Waals surface area contributed by atoms with E-state index in [-0.39, 0.29) is 0 Å². The molecule has 0 N–H and O–H groups in total. The molecule has 134 valence electrons. The Morgan fingerprint density at radius 2 is 1.92 bits per heavy atom. The summed E-state index contributed by atoms with van der Waals surface area (Å²) in [7, 11) is 6.20. The standard InChI is InChI=1S/C20H26ClN3O/c1-23(2)19-8-13-11-24(12-14(13)9-20(19)25-3)18-6-7-22-17-10-15(21)4-5-16(17)18/h4-7,10,13-14,19-20H,8-9,11-12H2,1-3H3/t13-,14+,19-,20-/m1/s1. The summed E-state index contributed by atoms with van der Waals surface area (Å²) in [5, 5.41) is 1.93. The first kappa shape index (κ1) is 17.1. The van der Waals surface area contributed by atoms with Gasteiger partial charge in [-0.1, -0.05) is 11.6 Å². The van der Waals surface area contributed by atoms with Crippen molar-refractivity contribution >= 4 is 28.2 Å². The predicted molar refractivity (Wildman–Crippen MR) is 103 cm³/mol. The van der Waals surface area contributed by atoms with Crippen LogP contribution >= 0.6 is 11.6 Å². The van der Waals surface area contributed by atoms with Crippen molar-refractivity contribution in [3.05, 3.63) is 35.5 Å². The van der Waals surface area contributed by atoms with Gasteiger partial charge in [-0.3, -0.25) is 4.98 Å². The summed E-state index contributed by atoms with van der Waals surface area (Å²) in [6.45, 7) is 2.22. The van der Waals surface area contributed by atoms with E-state index < -0.39 is 0 Å². The highest BCUT2D eigenvalue weighted by molar-refractivity contribution is 6.31. The van der Waals surface area contributed by atoms with E-state index in [9.17, 15) is 0 Å². The minimum absolute atomic E-state index is 0.337. The van der Waals surface area contributed by atoms with Crippen molar-refractivity contribution in [3.8, 4) is 0 Å². The third-order valence-corrected chi connectivity index (χ3v) is 6.31. The second-order valence-electron chi connectivity index (χ2n) is 7.69. The number of methoxy groups -OCH3 is 1. The number of nitrogens with zero attached hydrogens (tertiary/aromatic N) is 3. The number of benzene rings is 1. The zero-order valence-corrected chi connectivity index (χ0v) is 15.9. The van der Waals surface area contributed by atoms with Crippen molar-refractivity contribution in [2.45, 2.75) is 25.0 Å². The van der Waals surface area contributed by atoms with Gasteiger partial charge in [0.1, 0.15) is 0 Å². The molecule has 2 aromatic rings. The summed E-state index contributed by atoms with van der Waals surface area (Å²) in [5.74, 6) is 1.44. The van der Waals surface area contributed by atoms with Crippen LogP contribution in [0.3, 0.4) is 0 Å². The van der Waals surface area contributed by atoms with Crippen molar-refractivity contribution in [2.75, 3.05) is 39.2 Å². The Balaban J connectivity index is 1.61. The van der Waals surface area contributed by atoms with Crippen molar-refractivity contribution in [1.29, 1.82) is 0 Å². The monoisotopic (exact) mass is 359 g/mol. The van der Waals surface area contributed by atoms with Crippen LogP contribution < -0.4 is 4.90 Å². The van der Waals surface area contributed by atoms with E-state index in [4.69, 9.17) is 16.3 Å². The number of fused-ring (bicyclic) bond motifs is 2. The Hall–Kier alpha value is -1.36. The van der Waals surface area contributed by atoms with Gasteiger partial charge in [-0.15, -0.1) is 0 Å². The van der Waals surface area contributed by atoms with Crippen molar-refractivity contribution in [3.63, 3.8) is 0 Å². The maximum atomic E-state index is 6.14. The molecule has 2 heterocycles. The second kappa shape index (κ2) is 6.75. The Bertz CT molecular complexity index is 766. The first-order chi connectivity index (χ1) is 12.1. The number of hydrogen-bond donors (Lipinski definition) is 0. The maximum absolute atomic E-state index is 6.14. The van der Waals surface area contributed by atoms with Crippen molar-refractivity contribution in [2.24, 2.45) is 11.8 Å². The molecule has 0 unspecified atom stereocenters. The number of hydrogen-bond acceptors (Lipinski definition) is 4. The number of halogens is 1. The van der Waals surface area contributed by atoms with Gasteiger partial charge in [0.25, 0.3) is 0 Å². The topological polar surface area (TPSA) is 28.6 Å². The van der Waals surface area contributed by atoms with Gasteiger partial charge in [0.2, 0.25) is 0 Å². The van der Waals surface area contributed by atoms with E-state index in [0.717, 1.165) is 36.0 Å². The van der Waals surface area contributed by atoms with Crippen LogP contribution in [0.5, 0.6) is 0 Å². The lowest BCUT2D eigenvalue weighted by atomic mass is 9.77.